The molecule has 25 nitrogen and oxygen atoms in total. The number of carbonyl (C=O) groups is 2. The zero-order valence-electron chi connectivity index (χ0n) is 53.2. The standard InChI is InChI=1S/C70H81N7O18/c1-69(2)92-55(44-83-38-46-23-11-5-12-24-46)60(93-69)62-56-52(90-68(80)74-56)36-70(94-62,67(79)81-3)95-63-58(78)53(42-84-39-49-31-32-50-29-17-18-30-51(50)35-49)88-66(64(63)87-41-48-27-15-7-16-28-48)91-59-54(43-82-37-45-21-9-4-10-22-45)89-65(85-34-20-8-19-33-73-76-71)57(75-77-72)61(59)86-40-47-25-13-6-14-26-47/h4-7,9-18,21-32,35,52-66,78H,8,19-20,33-34,36-44H2,1-3H3,(H,74,80)/t52-,53+,54+,55+,56+,57+,58-,59+,60+,61+,62+,63-,64+,65+,66-,70-/m0/s1. The van der Waals surface area contributed by atoms with E-state index in [0.717, 1.165) is 40.1 Å². The van der Waals surface area contributed by atoms with Gasteiger partial charge >= 0.3 is 12.1 Å². The van der Waals surface area contributed by atoms with Crippen molar-refractivity contribution in [1.82, 2.24) is 5.32 Å². The second-order valence-electron chi connectivity index (χ2n) is 24.3. The Morgan fingerprint density at radius 3 is 1.81 bits per heavy atom. The van der Waals surface area contributed by atoms with Crippen molar-refractivity contribution >= 4 is 22.8 Å². The Bertz CT molecular complexity index is 3500. The van der Waals surface area contributed by atoms with E-state index in [2.05, 4.69) is 25.4 Å². The van der Waals surface area contributed by atoms with Gasteiger partial charge in [-0.15, -0.1) is 0 Å². The number of hydrogen-bond donors (Lipinski definition) is 2. The lowest BCUT2D eigenvalue weighted by Gasteiger charge is -2.51. The Kier molecular flexibility index (Phi) is 24.1. The van der Waals surface area contributed by atoms with Crippen LogP contribution in [0.4, 0.5) is 4.79 Å². The topological polar surface area (TPSA) is 302 Å². The highest BCUT2D eigenvalue weighted by atomic mass is 16.8. The maximum absolute atomic E-state index is 15.1. The molecule has 5 fully saturated rings. The molecule has 0 aromatic heterocycles. The van der Waals surface area contributed by atoms with E-state index >= 15 is 4.79 Å². The van der Waals surface area contributed by atoms with Crippen molar-refractivity contribution in [1.29, 1.82) is 0 Å². The number of fused-ring (bicyclic) bond motifs is 2. The van der Waals surface area contributed by atoms with Crippen molar-refractivity contribution < 1.29 is 85.7 Å². The molecule has 5 saturated heterocycles. The van der Waals surface area contributed by atoms with Crippen LogP contribution in [-0.2, 0) is 109 Å². The Morgan fingerprint density at radius 1 is 0.600 bits per heavy atom. The predicted octanol–water partition coefficient (Wildman–Crippen LogP) is 10.4. The van der Waals surface area contributed by atoms with E-state index < -0.39 is 122 Å². The first-order valence-corrected chi connectivity index (χ1v) is 32.1. The molecule has 1 amide bonds. The quantitative estimate of drug-likeness (QED) is 0.0130. The molecule has 5 heterocycles. The van der Waals surface area contributed by atoms with E-state index in [1.54, 1.807) is 13.8 Å². The number of rotatable bonds is 32. The molecule has 0 saturated carbocycles. The van der Waals surface area contributed by atoms with Gasteiger partial charge in [0.05, 0.1) is 72.4 Å². The summed E-state index contributed by atoms with van der Waals surface area (Å²) in [6, 6.07) is 49.5. The average Bonchev–Trinajstić information content (AvgIpc) is 1.70. The molecule has 0 radical (unpaired) electrons. The fourth-order valence-corrected chi connectivity index (χ4v) is 12.6. The highest BCUT2D eigenvalue weighted by Crippen LogP contribution is 2.45. The molecule has 2 N–H and O–H groups in total. The second-order valence-corrected chi connectivity index (χ2v) is 24.3. The highest BCUT2D eigenvalue weighted by molar-refractivity contribution is 5.83. The Hall–Kier alpha value is -7.62. The summed E-state index contributed by atoms with van der Waals surface area (Å²) in [5.74, 6) is -4.78. The molecule has 25 heteroatoms. The van der Waals surface area contributed by atoms with Crippen LogP contribution in [0.5, 0.6) is 0 Å². The number of aliphatic hydroxyl groups excluding tert-OH is 1. The molecule has 0 aliphatic carbocycles. The van der Waals surface area contributed by atoms with Crippen molar-refractivity contribution in [2.24, 2.45) is 10.2 Å². The number of esters is 1. The first-order valence-electron chi connectivity index (χ1n) is 32.1. The predicted molar refractivity (Wildman–Crippen MR) is 341 cm³/mol. The molecule has 95 heavy (non-hydrogen) atoms. The third-order valence-corrected chi connectivity index (χ3v) is 17.1. The lowest BCUT2D eigenvalue weighted by atomic mass is 9.88. The zero-order valence-corrected chi connectivity index (χ0v) is 53.2. The Balaban J connectivity index is 0.984. The summed E-state index contributed by atoms with van der Waals surface area (Å²) in [4.78, 5) is 34.8. The molecule has 5 aliphatic rings. The van der Waals surface area contributed by atoms with Gasteiger partial charge in [0.25, 0.3) is 5.79 Å². The number of unbranched alkanes of at least 4 members (excludes halogenated alkanes) is 2. The van der Waals surface area contributed by atoms with Gasteiger partial charge in [0, 0.05) is 23.0 Å². The molecule has 5 aliphatic heterocycles. The molecule has 16 atom stereocenters. The van der Waals surface area contributed by atoms with Gasteiger partial charge < -0.3 is 81.5 Å². The van der Waals surface area contributed by atoms with Gasteiger partial charge in [-0.1, -0.05) is 174 Å². The molecule has 11 rings (SSSR count). The summed E-state index contributed by atoms with van der Waals surface area (Å²) in [6.45, 7) is 3.85. The van der Waals surface area contributed by atoms with E-state index in [0.29, 0.717) is 31.4 Å². The third-order valence-electron chi connectivity index (χ3n) is 17.1. The number of hydrogen-bond acceptors (Lipinski definition) is 20. The minimum atomic E-state index is -2.51. The van der Waals surface area contributed by atoms with Crippen molar-refractivity contribution in [2.45, 2.75) is 176 Å². The normalized spacial score (nSPS) is 29.3. The number of nitrogens with zero attached hydrogens (tertiary/aromatic N) is 6. The summed E-state index contributed by atoms with van der Waals surface area (Å²) in [7, 11) is 1.16. The number of carbonyl (C=O) groups excluding carboxylic acids is 2. The van der Waals surface area contributed by atoms with Crippen LogP contribution in [0.1, 0.15) is 67.3 Å². The number of alkyl carbamates (subject to hydrolysis) is 1. The number of ether oxygens (including phenoxy) is 15. The Labute approximate surface area is 550 Å². The van der Waals surface area contributed by atoms with Crippen molar-refractivity contribution in [3.63, 3.8) is 0 Å². The van der Waals surface area contributed by atoms with E-state index in [-0.39, 0.29) is 59.5 Å². The molecular weight excluding hydrogens is 1230 g/mol. The highest BCUT2D eigenvalue weighted by Gasteiger charge is 2.65. The van der Waals surface area contributed by atoms with Crippen LogP contribution < -0.4 is 5.32 Å². The van der Waals surface area contributed by atoms with Crippen LogP contribution in [0, 0.1) is 0 Å². The van der Waals surface area contributed by atoms with Gasteiger partial charge in [0.15, 0.2) is 18.4 Å². The number of methoxy groups -OCH3 is 1. The third kappa shape index (κ3) is 17.9. The Morgan fingerprint density at radius 2 is 1.18 bits per heavy atom. The molecule has 0 spiro atoms. The number of benzene rings is 6. The minimum absolute atomic E-state index is 0.00187. The SMILES string of the molecule is COC(=O)[C@@]1(O[C@H]2[C@@H](O)[C@@H](COCc3ccc4ccccc4c3)O[C@@H](O[C@H]3[C@H](OCc4ccccc4)[C@@H](N=[N+]=[N-])[C@H](OCCCCCN=[N+]=[N-])O[C@@H]3COCc3ccccc3)[C@@H]2OCc2ccccc2)C[C@@H]2OC(=O)N[C@H]2[C@H]([C@@H]2OC(C)(C)O[C@@H]2COCc2ccccc2)O1. The van der Waals surface area contributed by atoms with Crippen LogP contribution in [-0.4, -0.2) is 161 Å². The van der Waals surface area contributed by atoms with Crippen molar-refractivity contribution in [2.75, 3.05) is 40.1 Å². The van der Waals surface area contributed by atoms with E-state index in [4.69, 9.17) is 76.6 Å². The first-order chi connectivity index (χ1) is 46.4. The van der Waals surface area contributed by atoms with E-state index in [1.165, 1.54) is 0 Å². The van der Waals surface area contributed by atoms with Gasteiger partial charge in [-0.05, 0) is 82.4 Å². The monoisotopic (exact) mass is 1310 g/mol. The maximum Gasteiger partial charge on any atom is 0.407 e. The molecule has 0 bridgehead atoms. The number of azide groups is 2. The smallest absolute Gasteiger partial charge is 0.407 e. The molecule has 0 unspecified atom stereocenters. The summed E-state index contributed by atoms with van der Waals surface area (Å²) < 4.78 is 99.8. The second kappa shape index (κ2) is 33.4. The first kappa shape index (κ1) is 68.8. The fourth-order valence-electron chi connectivity index (χ4n) is 12.6. The van der Waals surface area contributed by atoms with Crippen molar-refractivity contribution in [3.8, 4) is 0 Å². The summed E-state index contributed by atoms with van der Waals surface area (Å²) >= 11 is 0. The number of aliphatic hydroxyl groups is 1. The zero-order chi connectivity index (χ0) is 66.0. The van der Waals surface area contributed by atoms with Crippen LogP contribution in [0.15, 0.2) is 174 Å². The van der Waals surface area contributed by atoms with Crippen LogP contribution in [0.25, 0.3) is 31.7 Å². The van der Waals surface area contributed by atoms with Crippen LogP contribution >= 0.6 is 0 Å². The minimum Gasteiger partial charge on any atom is -0.465 e. The fraction of sp³-hybridized carbons (Fsp3) is 0.486. The largest absolute Gasteiger partial charge is 0.465 e. The van der Waals surface area contributed by atoms with Crippen LogP contribution in [0.2, 0.25) is 0 Å². The maximum atomic E-state index is 15.1. The lowest BCUT2D eigenvalue weighted by Crippen LogP contribution is -2.70. The lowest BCUT2D eigenvalue weighted by molar-refractivity contribution is -0.388. The van der Waals surface area contributed by atoms with Gasteiger partial charge in [-0.2, -0.15) is 0 Å². The van der Waals surface area contributed by atoms with Gasteiger partial charge in [0.2, 0.25) is 0 Å². The summed E-state index contributed by atoms with van der Waals surface area (Å²) in [6.07, 6.45) is -16.3. The van der Waals surface area contributed by atoms with Gasteiger partial charge in [-0.25, -0.2) is 9.59 Å². The summed E-state index contributed by atoms with van der Waals surface area (Å²) in [5, 5.41) is 26.1. The van der Waals surface area contributed by atoms with Gasteiger partial charge in [0.1, 0.15) is 73.2 Å². The van der Waals surface area contributed by atoms with E-state index in [9.17, 15) is 15.4 Å². The molecule has 6 aromatic rings. The summed E-state index contributed by atoms with van der Waals surface area (Å²) in [5.41, 5.74) is 23.4. The number of amides is 1. The van der Waals surface area contributed by atoms with Crippen LogP contribution in [0.3, 0.4) is 0 Å². The van der Waals surface area contributed by atoms with Gasteiger partial charge in [-0.3, -0.25) is 0 Å². The van der Waals surface area contributed by atoms with E-state index in [1.807, 2.05) is 164 Å². The molecular formula is C70H81N7O18. The van der Waals surface area contributed by atoms with Crippen molar-refractivity contribution in [3.05, 3.63) is 212 Å². The number of nitrogens with one attached hydrogen (secondary N) is 1. The molecule has 6 aromatic carbocycles. The molecule has 504 valence electrons. The average molecular weight is 1310 g/mol.